The fourth-order valence-electron chi connectivity index (χ4n) is 3.61. The molecule has 1 aliphatic rings. The van der Waals surface area contributed by atoms with Crippen molar-refractivity contribution in [2.45, 2.75) is 59.0 Å². The number of nitrogens with two attached hydrogens (primary N) is 1. The second kappa shape index (κ2) is 6.33. The van der Waals surface area contributed by atoms with Crippen molar-refractivity contribution in [2.75, 3.05) is 13.1 Å². The van der Waals surface area contributed by atoms with E-state index in [4.69, 9.17) is 10.7 Å². The van der Waals surface area contributed by atoms with E-state index in [1.165, 1.54) is 34.8 Å². The number of aryl methyl sites for hydroxylation is 2. The summed E-state index contributed by atoms with van der Waals surface area (Å²) < 4.78 is 0. The SMILES string of the molecule is CCN(C(C)c1nc(C)sc1C)C1CCCC1CN. The largest absolute Gasteiger partial charge is 0.330 e. The lowest BCUT2D eigenvalue weighted by molar-refractivity contribution is 0.121. The highest BCUT2D eigenvalue weighted by Crippen LogP contribution is 2.35. The van der Waals surface area contributed by atoms with E-state index in [0.29, 0.717) is 18.0 Å². The molecule has 0 bridgehead atoms. The minimum Gasteiger partial charge on any atom is -0.330 e. The molecule has 108 valence electrons. The summed E-state index contributed by atoms with van der Waals surface area (Å²) in [5.41, 5.74) is 7.22. The number of hydrogen-bond acceptors (Lipinski definition) is 4. The van der Waals surface area contributed by atoms with Gasteiger partial charge in [0.25, 0.3) is 0 Å². The Morgan fingerprint density at radius 3 is 2.68 bits per heavy atom. The van der Waals surface area contributed by atoms with Crippen LogP contribution in [0.1, 0.15) is 54.7 Å². The summed E-state index contributed by atoms with van der Waals surface area (Å²) >= 11 is 1.81. The van der Waals surface area contributed by atoms with E-state index in [1.807, 2.05) is 11.3 Å². The molecular weight excluding hydrogens is 254 g/mol. The van der Waals surface area contributed by atoms with Crippen LogP contribution in [-0.4, -0.2) is 29.0 Å². The molecule has 1 fully saturated rings. The Bertz CT molecular complexity index is 416. The van der Waals surface area contributed by atoms with Crippen LogP contribution in [0.25, 0.3) is 0 Å². The molecule has 3 unspecified atom stereocenters. The molecule has 19 heavy (non-hydrogen) atoms. The van der Waals surface area contributed by atoms with Crippen LogP contribution in [0.15, 0.2) is 0 Å². The maximum Gasteiger partial charge on any atom is 0.0900 e. The minimum atomic E-state index is 0.409. The Kier molecular flexibility index (Phi) is 4.98. The van der Waals surface area contributed by atoms with Crippen molar-refractivity contribution in [1.29, 1.82) is 0 Å². The highest BCUT2D eigenvalue weighted by molar-refractivity contribution is 7.11. The highest BCUT2D eigenvalue weighted by atomic mass is 32.1. The van der Waals surface area contributed by atoms with Crippen molar-refractivity contribution in [3.8, 4) is 0 Å². The lowest BCUT2D eigenvalue weighted by atomic mass is 9.99. The minimum absolute atomic E-state index is 0.409. The van der Waals surface area contributed by atoms with Gasteiger partial charge in [-0.2, -0.15) is 0 Å². The van der Waals surface area contributed by atoms with E-state index in [1.54, 1.807) is 0 Å². The first-order chi connectivity index (χ1) is 9.08. The molecule has 0 saturated heterocycles. The first-order valence-electron chi connectivity index (χ1n) is 7.48. The van der Waals surface area contributed by atoms with Crippen LogP contribution >= 0.6 is 11.3 Å². The molecule has 1 heterocycles. The molecular formula is C15H27N3S. The van der Waals surface area contributed by atoms with Crippen LogP contribution in [-0.2, 0) is 0 Å². The van der Waals surface area contributed by atoms with Crippen molar-refractivity contribution in [3.63, 3.8) is 0 Å². The average Bonchev–Trinajstić information content (AvgIpc) is 2.96. The first kappa shape index (κ1) is 14.9. The van der Waals surface area contributed by atoms with Gasteiger partial charge < -0.3 is 5.73 Å². The van der Waals surface area contributed by atoms with Gasteiger partial charge in [0.05, 0.1) is 16.7 Å². The second-order valence-corrected chi connectivity index (χ2v) is 7.08. The van der Waals surface area contributed by atoms with Crippen LogP contribution in [0.2, 0.25) is 0 Å². The van der Waals surface area contributed by atoms with Gasteiger partial charge in [-0.05, 0) is 52.6 Å². The van der Waals surface area contributed by atoms with E-state index in [9.17, 15) is 0 Å². The summed E-state index contributed by atoms with van der Waals surface area (Å²) in [4.78, 5) is 8.73. The van der Waals surface area contributed by atoms with Gasteiger partial charge in [-0.3, -0.25) is 4.90 Å². The van der Waals surface area contributed by atoms with Gasteiger partial charge in [0.2, 0.25) is 0 Å². The van der Waals surface area contributed by atoms with Crippen molar-refractivity contribution >= 4 is 11.3 Å². The van der Waals surface area contributed by atoms with Gasteiger partial charge in [-0.15, -0.1) is 11.3 Å². The molecule has 0 amide bonds. The van der Waals surface area contributed by atoms with Crippen molar-refractivity contribution < 1.29 is 0 Å². The smallest absolute Gasteiger partial charge is 0.0900 e. The zero-order valence-electron chi connectivity index (χ0n) is 12.6. The molecule has 0 radical (unpaired) electrons. The Morgan fingerprint density at radius 1 is 1.42 bits per heavy atom. The third kappa shape index (κ3) is 3.01. The molecule has 3 nitrogen and oxygen atoms in total. The van der Waals surface area contributed by atoms with Crippen LogP contribution in [0.3, 0.4) is 0 Å². The third-order valence-electron chi connectivity index (χ3n) is 4.55. The molecule has 2 rings (SSSR count). The normalized spacial score (nSPS) is 25.2. The van der Waals surface area contributed by atoms with Crippen LogP contribution in [0.4, 0.5) is 0 Å². The number of thiazole rings is 1. The zero-order chi connectivity index (χ0) is 14.0. The highest BCUT2D eigenvalue weighted by Gasteiger charge is 2.34. The fraction of sp³-hybridized carbons (Fsp3) is 0.800. The Balaban J connectivity index is 2.19. The number of nitrogens with zero attached hydrogens (tertiary/aromatic N) is 2. The second-order valence-electron chi connectivity index (χ2n) is 5.67. The molecule has 1 aromatic heterocycles. The van der Waals surface area contributed by atoms with Crippen LogP contribution in [0, 0.1) is 19.8 Å². The number of aromatic nitrogens is 1. The summed E-state index contributed by atoms with van der Waals surface area (Å²) in [6.45, 7) is 10.8. The summed E-state index contributed by atoms with van der Waals surface area (Å²) in [6, 6.07) is 1.05. The third-order valence-corrected chi connectivity index (χ3v) is 5.45. The Morgan fingerprint density at radius 2 is 2.16 bits per heavy atom. The van der Waals surface area contributed by atoms with Crippen molar-refractivity contribution in [2.24, 2.45) is 11.7 Å². The molecule has 1 aromatic rings. The maximum atomic E-state index is 5.95. The topological polar surface area (TPSA) is 42.2 Å². The van der Waals surface area contributed by atoms with Crippen molar-refractivity contribution in [3.05, 3.63) is 15.6 Å². The number of hydrogen-bond donors (Lipinski definition) is 1. The molecule has 0 aliphatic heterocycles. The van der Waals surface area contributed by atoms with Gasteiger partial charge in [0, 0.05) is 10.9 Å². The standard InChI is InChI=1S/C15H27N3S/c1-5-18(14-8-6-7-13(14)9-16)10(2)15-11(3)19-12(4)17-15/h10,13-14H,5-9,16H2,1-4H3. The molecule has 2 N–H and O–H groups in total. The van der Waals surface area contributed by atoms with Gasteiger partial charge in [0.1, 0.15) is 0 Å². The molecule has 3 atom stereocenters. The molecule has 1 aliphatic carbocycles. The van der Waals surface area contributed by atoms with Crippen LogP contribution in [0.5, 0.6) is 0 Å². The Hall–Kier alpha value is -0.450. The Labute approximate surface area is 121 Å². The van der Waals surface area contributed by atoms with Gasteiger partial charge >= 0.3 is 0 Å². The quantitative estimate of drug-likeness (QED) is 0.900. The summed E-state index contributed by atoms with van der Waals surface area (Å²) in [5, 5.41) is 1.18. The zero-order valence-corrected chi connectivity index (χ0v) is 13.5. The summed E-state index contributed by atoms with van der Waals surface area (Å²) in [6.07, 6.45) is 3.91. The maximum absolute atomic E-state index is 5.95. The van der Waals surface area contributed by atoms with Crippen molar-refractivity contribution in [1.82, 2.24) is 9.88 Å². The van der Waals surface area contributed by atoms with Crippen LogP contribution < -0.4 is 5.73 Å². The molecule has 0 aromatic carbocycles. The van der Waals surface area contributed by atoms with E-state index in [-0.39, 0.29) is 0 Å². The first-order valence-corrected chi connectivity index (χ1v) is 8.29. The van der Waals surface area contributed by atoms with E-state index >= 15 is 0 Å². The van der Waals surface area contributed by atoms with E-state index in [2.05, 4.69) is 32.6 Å². The predicted octanol–water partition coefficient (Wildman–Crippen LogP) is 3.27. The van der Waals surface area contributed by atoms with Gasteiger partial charge in [-0.1, -0.05) is 13.3 Å². The molecule has 0 spiro atoms. The monoisotopic (exact) mass is 281 g/mol. The van der Waals surface area contributed by atoms with E-state index in [0.717, 1.165) is 13.1 Å². The number of rotatable bonds is 5. The summed E-state index contributed by atoms with van der Waals surface area (Å²) in [5.74, 6) is 0.669. The lowest BCUT2D eigenvalue weighted by Gasteiger charge is -2.36. The van der Waals surface area contributed by atoms with E-state index < -0.39 is 0 Å². The lowest BCUT2D eigenvalue weighted by Crippen LogP contribution is -2.42. The molecule has 4 heteroatoms. The fourth-order valence-corrected chi connectivity index (χ4v) is 4.52. The summed E-state index contributed by atoms with van der Waals surface area (Å²) in [7, 11) is 0. The predicted molar refractivity (Wildman–Crippen MR) is 82.6 cm³/mol. The average molecular weight is 281 g/mol. The van der Waals surface area contributed by atoms with Gasteiger partial charge in [0.15, 0.2) is 0 Å². The van der Waals surface area contributed by atoms with Gasteiger partial charge in [-0.25, -0.2) is 4.98 Å². The molecule has 1 saturated carbocycles.